The van der Waals surface area contributed by atoms with E-state index in [1.54, 1.807) is 55.5 Å². The van der Waals surface area contributed by atoms with Crippen molar-refractivity contribution in [3.63, 3.8) is 0 Å². The number of carbonyl (C=O) groups excluding carboxylic acids is 1. The first-order valence-electron chi connectivity index (χ1n) is 7.70. The molecule has 25 heavy (non-hydrogen) atoms. The number of rotatable bonds is 4. The molecule has 126 valence electrons. The third-order valence-electron chi connectivity index (χ3n) is 4.01. The van der Waals surface area contributed by atoms with Crippen molar-refractivity contribution in [1.82, 2.24) is 0 Å². The summed E-state index contributed by atoms with van der Waals surface area (Å²) in [5, 5.41) is 25.1. The smallest absolute Gasteiger partial charge is 0.272 e. The molecule has 0 saturated heterocycles. The predicted octanol–water partition coefficient (Wildman–Crippen LogP) is 3.94. The molecule has 0 atom stereocenters. The Morgan fingerprint density at radius 1 is 1.12 bits per heavy atom. The van der Waals surface area contributed by atoms with Crippen molar-refractivity contribution in [2.75, 3.05) is 5.32 Å². The number of phenolic OH excluding ortho intramolecular Hbond substituents is 1. The van der Waals surface area contributed by atoms with E-state index in [4.69, 9.17) is 0 Å². The Morgan fingerprint density at radius 3 is 2.60 bits per heavy atom. The Hall–Kier alpha value is -3.41. The largest absolute Gasteiger partial charge is 0.507 e. The molecule has 0 aliphatic carbocycles. The molecule has 0 bridgehead atoms. The van der Waals surface area contributed by atoms with Crippen LogP contribution < -0.4 is 5.32 Å². The third kappa shape index (κ3) is 3.42. The number of nitrogens with zero attached hydrogens (tertiary/aromatic N) is 1. The van der Waals surface area contributed by atoms with E-state index in [9.17, 15) is 20.0 Å². The van der Waals surface area contributed by atoms with E-state index in [-0.39, 0.29) is 23.8 Å². The number of phenols is 1. The molecule has 3 rings (SSSR count). The quantitative estimate of drug-likeness (QED) is 0.557. The lowest BCUT2D eigenvalue weighted by atomic mass is 10.1. The van der Waals surface area contributed by atoms with Crippen LogP contribution in [0.2, 0.25) is 0 Å². The van der Waals surface area contributed by atoms with Gasteiger partial charge in [-0.1, -0.05) is 36.4 Å². The molecule has 0 radical (unpaired) electrons. The number of nitrogens with one attached hydrogen (secondary N) is 1. The maximum absolute atomic E-state index is 12.3. The first kappa shape index (κ1) is 16.4. The first-order valence-corrected chi connectivity index (χ1v) is 7.70. The minimum absolute atomic E-state index is 0.000355. The zero-order chi connectivity index (χ0) is 18.0. The van der Waals surface area contributed by atoms with Crippen molar-refractivity contribution < 1.29 is 14.8 Å². The van der Waals surface area contributed by atoms with Crippen LogP contribution in [0.25, 0.3) is 10.8 Å². The van der Waals surface area contributed by atoms with Gasteiger partial charge in [0.05, 0.1) is 11.3 Å². The van der Waals surface area contributed by atoms with Crippen LogP contribution in [0.4, 0.5) is 11.4 Å². The maximum Gasteiger partial charge on any atom is 0.272 e. The average molecular weight is 336 g/mol. The van der Waals surface area contributed by atoms with E-state index in [1.165, 1.54) is 6.07 Å². The molecule has 0 aromatic heterocycles. The zero-order valence-corrected chi connectivity index (χ0v) is 13.5. The number of amides is 1. The molecule has 0 fully saturated rings. The van der Waals surface area contributed by atoms with Gasteiger partial charge in [0.15, 0.2) is 0 Å². The summed E-state index contributed by atoms with van der Waals surface area (Å²) < 4.78 is 0. The number of fused-ring (bicyclic) bond motifs is 1. The topological polar surface area (TPSA) is 92.5 Å². The van der Waals surface area contributed by atoms with Crippen LogP contribution in [0, 0.1) is 17.0 Å². The zero-order valence-electron chi connectivity index (χ0n) is 13.5. The van der Waals surface area contributed by atoms with E-state index in [2.05, 4.69) is 5.32 Å². The molecule has 0 heterocycles. The Bertz CT molecular complexity index is 982. The highest BCUT2D eigenvalue weighted by molar-refractivity contribution is 6.04. The number of nitro benzene ring substituents is 1. The van der Waals surface area contributed by atoms with Crippen molar-refractivity contribution in [1.29, 1.82) is 0 Å². The second kappa shape index (κ2) is 6.60. The summed E-state index contributed by atoms with van der Waals surface area (Å²) in [6.07, 6.45) is 0.0241. The molecule has 0 saturated carbocycles. The summed E-state index contributed by atoms with van der Waals surface area (Å²) in [7, 11) is 0. The van der Waals surface area contributed by atoms with Crippen LogP contribution >= 0.6 is 0 Å². The molecule has 0 spiro atoms. The number of nitro groups is 1. The second-order valence-corrected chi connectivity index (χ2v) is 5.78. The van der Waals surface area contributed by atoms with E-state index in [0.29, 0.717) is 22.2 Å². The number of anilines is 1. The van der Waals surface area contributed by atoms with E-state index >= 15 is 0 Å². The fourth-order valence-corrected chi connectivity index (χ4v) is 2.74. The highest BCUT2D eigenvalue weighted by Crippen LogP contribution is 2.30. The fourth-order valence-electron chi connectivity index (χ4n) is 2.74. The Labute approximate surface area is 143 Å². The molecule has 0 unspecified atom stereocenters. The van der Waals surface area contributed by atoms with Gasteiger partial charge in [-0.3, -0.25) is 14.9 Å². The van der Waals surface area contributed by atoms with Crippen LogP contribution in [-0.4, -0.2) is 15.9 Å². The highest BCUT2D eigenvalue weighted by atomic mass is 16.6. The number of benzene rings is 3. The van der Waals surface area contributed by atoms with Crippen LogP contribution in [-0.2, 0) is 11.2 Å². The average Bonchev–Trinajstić information content (AvgIpc) is 2.57. The van der Waals surface area contributed by atoms with Gasteiger partial charge >= 0.3 is 0 Å². The number of aryl methyl sites for hydroxylation is 1. The minimum Gasteiger partial charge on any atom is -0.507 e. The monoisotopic (exact) mass is 336 g/mol. The van der Waals surface area contributed by atoms with E-state index in [0.717, 1.165) is 5.39 Å². The standard InChI is InChI=1S/C19H16N2O4/c1-12-8-9-13(10-17(12)21(24)25)11-19(23)20-16-6-2-5-15-14(16)4-3-7-18(15)22/h2-10,22H,11H2,1H3,(H,20,23). The molecule has 6 nitrogen and oxygen atoms in total. The lowest BCUT2D eigenvalue weighted by Gasteiger charge is -2.10. The van der Waals surface area contributed by atoms with Crippen LogP contribution in [0.1, 0.15) is 11.1 Å². The highest BCUT2D eigenvalue weighted by Gasteiger charge is 2.13. The summed E-state index contributed by atoms with van der Waals surface area (Å²) in [5.41, 5.74) is 1.71. The normalized spacial score (nSPS) is 10.6. The number of hydrogen-bond acceptors (Lipinski definition) is 4. The van der Waals surface area contributed by atoms with Gasteiger partial charge in [0, 0.05) is 28.1 Å². The van der Waals surface area contributed by atoms with Gasteiger partial charge in [-0.15, -0.1) is 0 Å². The molecule has 0 aliphatic heterocycles. The summed E-state index contributed by atoms with van der Waals surface area (Å²) in [5.74, 6) is -0.142. The second-order valence-electron chi connectivity index (χ2n) is 5.78. The van der Waals surface area contributed by atoms with Crippen LogP contribution in [0.5, 0.6) is 5.75 Å². The maximum atomic E-state index is 12.3. The van der Waals surface area contributed by atoms with Crippen LogP contribution in [0.3, 0.4) is 0 Å². The van der Waals surface area contributed by atoms with Crippen molar-refractivity contribution in [2.45, 2.75) is 13.3 Å². The van der Waals surface area contributed by atoms with Gasteiger partial charge in [0.2, 0.25) is 5.91 Å². The van der Waals surface area contributed by atoms with Gasteiger partial charge in [0.25, 0.3) is 5.69 Å². The van der Waals surface area contributed by atoms with Crippen molar-refractivity contribution in [3.05, 3.63) is 75.8 Å². The number of aromatic hydroxyl groups is 1. The minimum atomic E-state index is -0.454. The lowest BCUT2D eigenvalue weighted by molar-refractivity contribution is -0.385. The summed E-state index contributed by atoms with van der Waals surface area (Å²) in [4.78, 5) is 22.9. The van der Waals surface area contributed by atoms with Gasteiger partial charge in [-0.2, -0.15) is 0 Å². The fraction of sp³-hybridized carbons (Fsp3) is 0.105. The molecule has 0 aliphatic rings. The third-order valence-corrected chi connectivity index (χ3v) is 4.01. The molecule has 6 heteroatoms. The lowest BCUT2D eigenvalue weighted by Crippen LogP contribution is -2.14. The number of carbonyl (C=O) groups is 1. The Balaban J connectivity index is 1.83. The molecular formula is C19H16N2O4. The van der Waals surface area contributed by atoms with Crippen molar-refractivity contribution >= 4 is 28.1 Å². The van der Waals surface area contributed by atoms with Crippen LogP contribution in [0.15, 0.2) is 54.6 Å². The first-order chi connectivity index (χ1) is 12.0. The Morgan fingerprint density at radius 2 is 1.84 bits per heavy atom. The number of hydrogen-bond donors (Lipinski definition) is 2. The van der Waals surface area contributed by atoms with E-state index < -0.39 is 4.92 Å². The summed E-state index contributed by atoms with van der Waals surface area (Å²) >= 11 is 0. The molecule has 3 aromatic rings. The van der Waals surface area contributed by atoms with Crippen molar-refractivity contribution in [2.24, 2.45) is 0 Å². The summed E-state index contributed by atoms with van der Waals surface area (Å²) in [6.45, 7) is 1.66. The molecule has 3 aromatic carbocycles. The summed E-state index contributed by atoms with van der Waals surface area (Å²) in [6, 6.07) is 15.1. The van der Waals surface area contributed by atoms with Gasteiger partial charge in [-0.25, -0.2) is 0 Å². The van der Waals surface area contributed by atoms with Crippen molar-refractivity contribution in [3.8, 4) is 5.75 Å². The van der Waals surface area contributed by atoms with Gasteiger partial charge < -0.3 is 10.4 Å². The van der Waals surface area contributed by atoms with Gasteiger partial charge in [0.1, 0.15) is 5.75 Å². The predicted molar refractivity (Wildman–Crippen MR) is 95.8 cm³/mol. The van der Waals surface area contributed by atoms with Gasteiger partial charge in [-0.05, 0) is 24.6 Å². The Kier molecular flexibility index (Phi) is 4.35. The SMILES string of the molecule is Cc1ccc(CC(=O)Nc2cccc3c(O)cccc23)cc1[N+](=O)[O-]. The molecule has 1 amide bonds. The molecule has 2 N–H and O–H groups in total. The molecular weight excluding hydrogens is 320 g/mol. The van der Waals surface area contributed by atoms with E-state index in [1.807, 2.05) is 0 Å².